The number of carbonyl (C=O) groups is 1. The van der Waals surface area contributed by atoms with Gasteiger partial charge in [-0.15, -0.1) is 0 Å². The Bertz CT molecular complexity index is 609. The first kappa shape index (κ1) is 13.2. The zero-order valence-corrected chi connectivity index (χ0v) is 11.2. The highest BCUT2D eigenvalue weighted by molar-refractivity contribution is 6.31. The summed E-state index contributed by atoms with van der Waals surface area (Å²) in [4.78, 5) is 16.8. The van der Waals surface area contributed by atoms with Crippen molar-refractivity contribution in [3.8, 4) is 0 Å². The van der Waals surface area contributed by atoms with Crippen LogP contribution in [0.3, 0.4) is 0 Å². The minimum absolute atomic E-state index is 0.181. The van der Waals surface area contributed by atoms with E-state index in [2.05, 4.69) is 10.0 Å². The van der Waals surface area contributed by atoms with Crippen molar-refractivity contribution in [1.82, 2.24) is 0 Å². The van der Waals surface area contributed by atoms with Crippen LogP contribution < -0.4 is 4.90 Å². The van der Waals surface area contributed by atoms with E-state index in [1.165, 1.54) is 4.90 Å². The second kappa shape index (κ2) is 4.96. The van der Waals surface area contributed by atoms with Gasteiger partial charge >= 0.3 is 0 Å². The maximum atomic E-state index is 12.6. The third kappa shape index (κ3) is 1.83. The SMILES string of the molecule is [N-]=[N+]=NCCN1C(=O)C2(OCCO2)c2cc(Cl)ccc21. The first-order chi connectivity index (χ1) is 9.69. The van der Waals surface area contributed by atoms with Crippen LogP contribution in [-0.2, 0) is 20.1 Å². The number of hydrogen-bond acceptors (Lipinski definition) is 4. The van der Waals surface area contributed by atoms with Crippen molar-refractivity contribution in [2.24, 2.45) is 5.11 Å². The van der Waals surface area contributed by atoms with Crippen LogP contribution in [0, 0.1) is 0 Å². The van der Waals surface area contributed by atoms with E-state index in [0.29, 0.717) is 29.5 Å². The smallest absolute Gasteiger partial charge is 0.292 e. The van der Waals surface area contributed by atoms with Gasteiger partial charge < -0.3 is 14.4 Å². The minimum Gasteiger partial charge on any atom is -0.336 e. The Morgan fingerprint density at radius 3 is 2.90 bits per heavy atom. The second-order valence-electron chi connectivity index (χ2n) is 4.39. The highest BCUT2D eigenvalue weighted by Crippen LogP contribution is 2.46. The number of halogens is 1. The molecule has 0 aliphatic carbocycles. The number of nitrogens with zero attached hydrogens (tertiary/aromatic N) is 4. The maximum Gasteiger partial charge on any atom is 0.292 e. The standard InChI is InChI=1S/C12H11ClN4O3/c13-8-1-2-10-9(7-8)12(19-5-6-20-12)11(18)17(10)4-3-15-16-14/h1-2,7H,3-6H2. The molecule has 2 aliphatic rings. The molecule has 2 heterocycles. The molecule has 1 fully saturated rings. The molecule has 20 heavy (non-hydrogen) atoms. The molecule has 1 spiro atoms. The lowest BCUT2D eigenvalue weighted by atomic mass is 10.1. The fourth-order valence-corrected chi connectivity index (χ4v) is 2.68. The fraction of sp³-hybridized carbons (Fsp3) is 0.417. The number of rotatable bonds is 3. The predicted octanol–water partition coefficient (Wildman–Crippen LogP) is 2.20. The van der Waals surface area contributed by atoms with Crippen LogP contribution in [0.1, 0.15) is 5.56 Å². The molecular formula is C12H11ClN4O3. The maximum absolute atomic E-state index is 12.6. The molecule has 8 heteroatoms. The largest absolute Gasteiger partial charge is 0.336 e. The lowest BCUT2D eigenvalue weighted by molar-refractivity contribution is -0.180. The van der Waals surface area contributed by atoms with E-state index in [-0.39, 0.29) is 19.0 Å². The van der Waals surface area contributed by atoms with Crippen LogP contribution in [0.4, 0.5) is 5.69 Å². The molecule has 3 rings (SSSR count). The van der Waals surface area contributed by atoms with Gasteiger partial charge in [0.25, 0.3) is 11.7 Å². The molecule has 1 amide bonds. The molecule has 0 saturated carbocycles. The van der Waals surface area contributed by atoms with Crippen LogP contribution in [0.2, 0.25) is 5.02 Å². The van der Waals surface area contributed by atoms with Crippen molar-refractivity contribution in [2.75, 3.05) is 31.2 Å². The quantitative estimate of drug-likeness (QED) is 0.486. The van der Waals surface area contributed by atoms with Gasteiger partial charge in [-0.3, -0.25) is 4.79 Å². The number of fused-ring (bicyclic) bond motifs is 2. The summed E-state index contributed by atoms with van der Waals surface area (Å²) in [5.41, 5.74) is 9.61. The van der Waals surface area contributed by atoms with E-state index >= 15 is 0 Å². The minimum atomic E-state index is -1.39. The molecule has 0 radical (unpaired) electrons. The number of anilines is 1. The van der Waals surface area contributed by atoms with E-state index in [1.807, 2.05) is 0 Å². The first-order valence-electron chi connectivity index (χ1n) is 6.10. The molecular weight excluding hydrogens is 284 g/mol. The lowest BCUT2D eigenvalue weighted by Crippen LogP contribution is -2.42. The summed E-state index contributed by atoms with van der Waals surface area (Å²) in [5, 5.41) is 3.96. The summed E-state index contributed by atoms with van der Waals surface area (Å²) < 4.78 is 11.1. The number of carbonyl (C=O) groups excluding carboxylic acids is 1. The Kier molecular flexibility index (Phi) is 3.27. The molecule has 1 aromatic carbocycles. The number of azide groups is 1. The average Bonchev–Trinajstić information content (AvgIpc) is 3.01. The normalized spacial score (nSPS) is 19.2. The van der Waals surface area contributed by atoms with E-state index in [1.54, 1.807) is 18.2 Å². The topological polar surface area (TPSA) is 87.5 Å². The molecule has 0 unspecified atom stereocenters. The van der Waals surface area contributed by atoms with E-state index < -0.39 is 5.79 Å². The molecule has 0 atom stereocenters. The number of ether oxygens (including phenoxy) is 2. The summed E-state index contributed by atoms with van der Waals surface area (Å²) in [6, 6.07) is 5.11. The fourth-order valence-electron chi connectivity index (χ4n) is 2.51. The third-order valence-corrected chi connectivity index (χ3v) is 3.55. The molecule has 2 aliphatic heterocycles. The van der Waals surface area contributed by atoms with Crippen molar-refractivity contribution in [3.05, 3.63) is 39.2 Å². The second-order valence-corrected chi connectivity index (χ2v) is 4.82. The monoisotopic (exact) mass is 294 g/mol. The zero-order valence-electron chi connectivity index (χ0n) is 10.5. The first-order valence-corrected chi connectivity index (χ1v) is 6.47. The van der Waals surface area contributed by atoms with Crippen molar-refractivity contribution < 1.29 is 14.3 Å². The summed E-state index contributed by atoms with van der Waals surface area (Å²) in [7, 11) is 0. The van der Waals surface area contributed by atoms with Gasteiger partial charge in [0.1, 0.15) is 0 Å². The van der Waals surface area contributed by atoms with Crippen LogP contribution >= 0.6 is 11.6 Å². The van der Waals surface area contributed by atoms with Crippen LogP contribution in [0.5, 0.6) is 0 Å². The van der Waals surface area contributed by atoms with Crippen molar-refractivity contribution in [1.29, 1.82) is 0 Å². The molecule has 0 aromatic heterocycles. The van der Waals surface area contributed by atoms with Gasteiger partial charge in [0.2, 0.25) is 0 Å². The lowest BCUT2D eigenvalue weighted by Gasteiger charge is -2.21. The van der Waals surface area contributed by atoms with Gasteiger partial charge in [-0.1, -0.05) is 16.7 Å². The van der Waals surface area contributed by atoms with Gasteiger partial charge in [0.15, 0.2) is 0 Å². The van der Waals surface area contributed by atoms with E-state index in [0.717, 1.165) is 0 Å². The zero-order chi connectivity index (χ0) is 14.2. The molecule has 7 nitrogen and oxygen atoms in total. The van der Waals surface area contributed by atoms with Gasteiger partial charge in [0, 0.05) is 28.6 Å². The Hall–Kier alpha value is -1.79. The Labute approximate surface area is 119 Å². The van der Waals surface area contributed by atoms with Crippen molar-refractivity contribution >= 4 is 23.2 Å². The Balaban J connectivity index is 2.03. The summed E-state index contributed by atoms with van der Waals surface area (Å²) >= 11 is 6.00. The molecule has 0 N–H and O–H groups in total. The van der Waals surface area contributed by atoms with Crippen molar-refractivity contribution in [3.63, 3.8) is 0 Å². The van der Waals surface area contributed by atoms with E-state index in [9.17, 15) is 4.79 Å². The van der Waals surface area contributed by atoms with Gasteiger partial charge in [-0.2, -0.15) is 0 Å². The van der Waals surface area contributed by atoms with Crippen LogP contribution in [0.15, 0.2) is 23.3 Å². The average molecular weight is 295 g/mol. The Morgan fingerprint density at radius 2 is 2.20 bits per heavy atom. The third-order valence-electron chi connectivity index (χ3n) is 3.31. The van der Waals surface area contributed by atoms with Gasteiger partial charge in [-0.25, -0.2) is 0 Å². The van der Waals surface area contributed by atoms with Crippen LogP contribution in [0.25, 0.3) is 10.4 Å². The van der Waals surface area contributed by atoms with Crippen LogP contribution in [-0.4, -0.2) is 32.2 Å². The van der Waals surface area contributed by atoms with Gasteiger partial charge in [-0.05, 0) is 23.7 Å². The number of hydrogen-bond donors (Lipinski definition) is 0. The summed E-state index contributed by atoms with van der Waals surface area (Å²) in [5.74, 6) is -1.70. The highest BCUT2D eigenvalue weighted by atomic mass is 35.5. The molecule has 1 aromatic rings. The summed E-state index contributed by atoms with van der Waals surface area (Å²) in [6.07, 6.45) is 0. The molecule has 104 valence electrons. The molecule has 0 bridgehead atoms. The molecule has 1 saturated heterocycles. The highest BCUT2D eigenvalue weighted by Gasteiger charge is 2.55. The Morgan fingerprint density at radius 1 is 1.45 bits per heavy atom. The summed E-state index contributed by atoms with van der Waals surface area (Å²) in [6.45, 7) is 1.15. The van der Waals surface area contributed by atoms with Crippen molar-refractivity contribution in [2.45, 2.75) is 5.79 Å². The van der Waals surface area contributed by atoms with E-state index in [4.69, 9.17) is 26.6 Å². The predicted molar refractivity (Wildman–Crippen MR) is 71.4 cm³/mol. The number of benzene rings is 1. The van der Waals surface area contributed by atoms with Gasteiger partial charge in [0.05, 0.1) is 18.9 Å². The number of amides is 1.